The minimum atomic E-state index is -0.707. The van der Waals surface area contributed by atoms with Crippen molar-refractivity contribution in [1.29, 1.82) is 0 Å². The van der Waals surface area contributed by atoms with Crippen LogP contribution in [0.4, 0.5) is 0 Å². The van der Waals surface area contributed by atoms with Crippen LogP contribution >= 0.6 is 0 Å². The largest absolute Gasteiger partial charge is 0.352 e. The van der Waals surface area contributed by atoms with Gasteiger partial charge in [-0.05, 0) is 31.0 Å². The number of rotatable bonds is 6. The van der Waals surface area contributed by atoms with E-state index in [2.05, 4.69) is 10.4 Å². The molecule has 1 aromatic heterocycles. The normalized spacial score (nSPS) is 11.8. The topological polar surface area (TPSA) is 86.0 Å². The van der Waals surface area contributed by atoms with Crippen LogP contribution in [-0.2, 0) is 6.54 Å². The Hall–Kier alpha value is -3.48. The Bertz CT molecular complexity index is 1070. The van der Waals surface area contributed by atoms with Crippen LogP contribution in [0.25, 0.3) is 5.69 Å². The molecule has 1 N–H and O–H groups in total. The lowest BCUT2D eigenvalue weighted by Gasteiger charge is -2.14. The third-order valence-electron chi connectivity index (χ3n) is 4.45. The number of para-hydroxylation sites is 1. The first-order chi connectivity index (χ1) is 13.5. The summed E-state index contributed by atoms with van der Waals surface area (Å²) in [7, 11) is 0. The van der Waals surface area contributed by atoms with Gasteiger partial charge < -0.3 is 5.32 Å². The van der Waals surface area contributed by atoms with Crippen molar-refractivity contribution in [2.24, 2.45) is 0 Å². The highest BCUT2D eigenvalue weighted by atomic mass is 16.2. The molecule has 7 heteroatoms. The van der Waals surface area contributed by atoms with Gasteiger partial charge in [-0.2, -0.15) is 9.78 Å². The molecule has 1 atom stereocenters. The Morgan fingerprint density at radius 2 is 1.64 bits per heavy atom. The molecule has 0 spiro atoms. The van der Waals surface area contributed by atoms with E-state index in [0.717, 1.165) is 14.8 Å². The minimum Gasteiger partial charge on any atom is -0.348 e. The first kappa shape index (κ1) is 19.3. The molecule has 0 fully saturated rings. The summed E-state index contributed by atoms with van der Waals surface area (Å²) in [6, 6.07) is 17.7. The highest BCUT2D eigenvalue weighted by Crippen LogP contribution is 2.04. The molecule has 0 bridgehead atoms. The number of nitrogens with zero attached hydrogens (tertiary/aromatic N) is 3. The van der Waals surface area contributed by atoms with Crippen molar-refractivity contribution < 1.29 is 4.79 Å². The van der Waals surface area contributed by atoms with E-state index in [9.17, 15) is 14.4 Å². The van der Waals surface area contributed by atoms with Gasteiger partial charge in [-0.25, -0.2) is 4.79 Å². The lowest BCUT2D eigenvalue weighted by molar-refractivity contribution is 0.0929. The van der Waals surface area contributed by atoms with Gasteiger partial charge >= 0.3 is 5.69 Å². The molecule has 28 heavy (non-hydrogen) atoms. The number of aromatic nitrogens is 3. The smallest absolute Gasteiger partial charge is 0.348 e. The number of carbonyl (C=O) groups is 1. The van der Waals surface area contributed by atoms with Crippen LogP contribution in [0.2, 0.25) is 0 Å². The molecule has 0 saturated carbocycles. The van der Waals surface area contributed by atoms with E-state index in [-0.39, 0.29) is 18.3 Å². The molecular formula is C21H22N4O3. The number of carbonyl (C=O) groups excluding carboxylic acids is 1. The van der Waals surface area contributed by atoms with Crippen molar-refractivity contribution in [2.75, 3.05) is 0 Å². The SMILES string of the molecule is CCC(C)NC(=O)c1nn(-c2ccccc2)c(=O)n(Cc2ccccc2)c1=O. The van der Waals surface area contributed by atoms with Gasteiger partial charge in [0.1, 0.15) is 0 Å². The van der Waals surface area contributed by atoms with E-state index in [0.29, 0.717) is 12.1 Å². The Balaban J connectivity index is 2.17. The van der Waals surface area contributed by atoms with E-state index in [1.54, 1.807) is 24.3 Å². The molecule has 144 valence electrons. The van der Waals surface area contributed by atoms with Gasteiger partial charge in [0.2, 0.25) is 5.69 Å². The van der Waals surface area contributed by atoms with E-state index in [4.69, 9.17) is 0 Å². The molecule has 7 nitrogen and oxygen atoms in total. The number of nitrogens with one attached hydrogen (secondary N) is 1. The van der Waals surface area contributed by atoms with Gasteiger partial charge in [0.25, 0.3) is 11.5 Å². The molecule has 0 aliphatic carbocycles. The summed E-state index contributed by atoms with van der Waals surface area (Å²) in [6.07, 6.45) is 0.711. The molecule has 1 heterocycles. The van der Waals surface area contributed by atoms with Crippen LogP contribution in [0.15, 0.2) is 70.3 Å². The van der Waals surface area contributed by atoms with Crippen LogP contribution in [0.5, 0.6) is 0 Å². The third-order valence-corrected chi connectivity index (χ3v) is 4.45. The second-order valence-corrected chi connectivity index (χ2v) is 6.54. The fourth-order valence-electron chi connectivity index (χ4n) is 2.69. The number of benzene rings is 2. The zero-order valence-electron chi connectivity index (χ0n) is 15.8. The van der Waals surface area contributed by atoms with Crippen LogP contribution in [0, 0.1) is 0 Å². The summed E-state index contributed by atoms with van der Waals surface area (Å²) in [5.41, 5.74) is -0.352. The standard InChI is InChI=1S/C21H22N4O3/c1-3-15(2)22-19(26)18-20(27)24(14-16-10-6-4-7-11-16)21(28)25(23-18)17-12-8-5-9-13-17/h4-13,15H,3,14H2,1-2H3,(H,22,26). The molecule has 2 aromatic carbocycles. The lowest BCUT2D eigenvalue weighted by Crippen LogP contribution is -2.47. The van der Waals surface area contributed by atoms with Gasteiger partial charge in [0, 0.05) is 6.04 Å². The second-order valence-electron chi connectivity index (χ2n) is 6.54. The zero-order chi connectivity index (χ0) is 20.1. The van der Waals surface area contributed by atoms with E-state index in [1.165, 1.54) is 0 Å². The predicted molar refractivity (Wildman–Crippen MR) is 107 cm³/mol. The molecular weight excluding hydrogens is 356 g/mol. The Morgan fingerprint density at radius 1 is 1.04 bits per heavy atom. The maximum Gasteiger partial charge on any atom is 0.352 e. The Kier molecular flexibility index (Phi) is 5.84. The van der Waals surface area contributed by atoms with Crippen LogP contribution in [0.3, 0.4) is 0 Å². The van der Waals surface area contributed by atoms with Gasteiger partial charge in [-0.1, -0.05) is 55.5 Å². The maximum absolute atomic E-state index is 13.0. The van der Waals surface area contributed by atoms with Gasteiger partial charge in [0.05, 0.1) is 12.2 Å². The van der Waals surface area contributed by atoms with E-state index < -0.39 is 17.2 Å². The van der Waals surface area contributed by atoms with Gasteiger partial charge in [-0.15, -0.1) is 0 Å². The van der Waals surface area contributed by atoms with Crippen molar-refractivity contribution >= 4 is 5.91 Å². The number of amides is 1. The predicted octanol–water partition coefficient (Wildman–Crippen LogP) is 1.97. The lowest BCUT2D eigenvalue weighted by atomic mass is 10.2. The maximum atomic E-state index is 13.0. The number of hydrogen-bond acceptors (Lipinski definition) is 4. The van der Waals surface area contributed by atoms with Crippen molar-refractivity contribution in [2.45, 2.75) is 32.9 Å². The first-order valence-corrected chi connectivity index (χ1v) is 9.15. The summed E-state index contributed by atoms with van der Waals surface area (Å²) < 4.78 is 2.14. The van der Waals surface area contributed by atoms with E-state index in [1.807, 2.05) is 50.2 Å². The van der Waals surface area contributed by atoms with Gasteiger partial charge in [-0.3, -0.25) is 14.2 Å². The molecule has 3 aromatic rings. The summed E-state index contributed by atoms with van der Waals surface area (Å²) >= 11 is 0. The van der Waals surface area contributed by atoms with Crippen LogP contribution < -0.4 is 16.6 Å². The summed E-state index contributed by atoms with van der Waals surface area (Å²) in [4.78, 5) is 38.5. The Labute approximate surface area is 162 Å². The average molecular weight is 378 g/mol. The Morgan fingerprint density at radius 3 is 2.25 bits per heavy atom. The molecule has 1 unspecified atom stereocenters. The van der Waals surface area contributed by atoms with Crippen molar-refractivity contribution in [1.82, 2.24) is 19.7 Å². The first-order valence-electron chi connectivity index (χ1n) is 9.15. The van der Waals surface area contributed by atoms with Crippen molar-refractivity contribution in [3.8, 4) is 5.69 Å². The molecule has 0 radical (unpaired) electrons. The van der Waals surface area contributed by atoms with E-state index >= 15 is 0 Å². The van der Waals surface area contributed by atoms with Crippen LogP contribution in [0.1, 0.15) is 36.3 Å². The van der Waals surface area contributed by atoms with Crippen molar-refractivity contribution in [3.05, 3.63) is 92.8 Å². The molecule has 3 rings (SSSR count). The fraction of sp³-hybridized carbons (Fsp3) is 0.238. The fourth-order valence-corrected chi connectivity index (χ4v) is 2.69. The molecule has 0 saturated heterocycles. The highest BCUT2D eigenvalue weighted by molar-refractivity contribution is 5.91. The summed E-state index contributed by atoms with van der Waals surface area (Å²) in [5.74, 6) is -0.592. The highest BCUT2D eigenvalue weighted by Gasteiger charge is 2.21. The molecule has 1 amide bonds. The summed E-state index contributed by atoms with van der Waals surface area (Å²) in [5, 5.41) is 6.84. The molecule has 0 aliphatic heterocycles. The molecule has 0 aliphatic rings. The van der Waals surface area contributed by atoms with Crippen LogP contribution in [-0.4, -0.2) is 26.3 Å². The summed E-state index contributed by atoms with van der Waals surface area (Å²) in [6.45, 7) is 3.82. The average Bonchev–Trinajstić information content (AvgIpc) is 2.72. The third kappa shape index (κ3) is 4.09. The minimum absolute atomic E-state index is 0.0530. The number of hydrogen-bond donors (Lipinski definition) is 1. The zero-order valence-corrected chi connectivity index (χ0v) is 15.8. The van der Waals surface area contributed by atoms with Crippen molar-refractivity contribution in [3.63, 3.8) is 0 Å². The van der Waals surface area contributed by atoms with Gasteiger partial charge in [0.15, 0.2) is 0 Å². The second kappa shape index (κ2) is 8.47. The monoisotopic (exact) mass is 378 g/mol. The quantitative estimate of drug-likeness (QED) is 0.711.